The zero-order valence-electron chi connectivity index (χ0n) is 10.7. The standard InChI is InChI=1S/C14H22N2/c1-10(2)16-8-7-11-5-6-12(9-13(11)16)14(3,4)15/h5-6,9-10H,7-8,15H2,1-4H3. The van der Waals surface area contributed by atoms with Gasteiger partial charge in [0.25, 0.3) is 0 Å². The van der Waals surface area contributed by atoms with Gasteiger partial charge in [0.1, 0.15) is 0 Å². The van der Waals surface area contributed by atoms with Gasteiger partial charge in [-0.25, -0.2) is 0 Å². The first-order valence-electron chi connectivity index (χ1n) is 6.08. The Kier molecular flexibility index (Phi) is 2.70. The predicted molar refractivity (Wildman–Crippen MR) is 69.8 cm³/mol. The summed E-state index contributed by atoms with van der Waals surface area (Å²) < 4.78 is 0. The van der Waals surface area contributed by atoms with Crippen molar-refractivity contribution in [1.29, 1.82) is 0 Å². The second kappa shape index (κ2) is 3.77. The van der Waals surface area contributed by atoms with Crippen LogP contribution in [0, 0.1) is 0 Å². The maximum atomic E-state index is 6.15. The van der Waals surface area contributed by atoms with Crippen LogP contribution in [0.3, 0.4) is 0 Å². The molecule has 0 atom stereocenters. The average molecular weight is 218 g/mol. The Morgan fingerprint density at radius 2 is 2.00 bits per heavy atom. The molecule has 0 unspecified atom stereocenters. The first kappa shape index (κ1) is 11.5. The average Bonchev–Trinajstić information content (AvgIpc) is 2.58. The number of nitrogens with two attached hydrogens (primary N) is 1. The third kappa shape index (κ3) is 1.94. The fourth-order valence-electron chi connectivity index (χ4n) is 2.34. The van der Waals surface area contributed by atoms with Crippen LogP contribution in [0.1, 0.15) is 38.8 Å². The van der Waals surface area contributed by atoms with E-state index in [9.17, 15) is 0 Å². The Bertz CT molecular complexity index is 388. The van der Waals surface area contributed by atoms with E-state index < -0.39 is 0 Å². The van der Waals surface area contributed by atoms with Crippen molar-refractivity contribution < 1.29 is 0 Å². The van der Waals surface area contributed by atoms with Gasteiger partial charge in [-0.15, -0.1) is 0 Å². The number of hydrogen-bond acceptors (Lipinski definition) is 2. The molecular formula is C14H22N2. The van der Waals surface area contributed by atoms with E-state index in [0.717, 1.165) is 6.54 Å². The molecule has 1 aromatic rings. The maximum absolute atomic E-state index is 6.15. The Balaban J connectivity index is 2.41. The van der Waals surface area contributed by atoms with Crippen molar-refractivity contribution in [3.05, 3.63) is 29.3 Å². The molecule has 2 N–H and O–H groups in total. The second-order valence-corrected chi connectivity index (χ2v) is 5.60. The van der Waals surface area contributed by atoms with Crippen LogP contribution < -0.4 is 10.6 Å². The lowest BCUT2D eigenvalue weighted by molar-refractivity contribution is 0.554. The van der Waals surface area contributed by atoms with Crippen LogP contribution >= 0.6 is 0 Å². The van der Waals surface area contributed by atoms with E-state index >= 15 is 0 Å². The van der Waals surface area contributed by atoms with Crippen LogP contribution in [0.4, 0.5) is 5.69 Å². The lowest BCUT2D eigenvalue weighted by atomic mass is 9.94. The quantitative estimate of drug-likeness (QED) is 0.827. The number of nitrogens with zero attached hydrogens (tertiary/aromatic N) is 1. The highest BCUT2D eigenvalue weighted by Crippen LogP contribution is 2.32. The third-order valence-electron chi connectivity index (χ3n) is 3.38. The summed E-state index contributed by atoms with van der Waals surface area (Å²) in [5, 5.41) is 0. The van der Waals surface area contributed by atoms with Crippen LogP contribution in [-0.2, 0) is 12.0 Å². The Morgan fingerprint density at radius 3 is 2.56 bits per heavy atom. The highest BCUT2D eigenvalue weighted by molar-refractivity contribution is 5.60. The normalized spacial score (nSPS) is 15.8. The van der Waals surface area contributed by atoms with Crippen LogP contribution in [-0.4, -0.2) is 12.6 Å². The van der Waals surface area contributed by atoms with Crippen molar-refractivity contribution >= 4 is 5.69 Å². The molecule has 0 saturated carbocycles. The first-order chi connectivity index (χ1) is 7.39. The number of anilines is 1. The van der Waals surface area contributed by atoms with Gasteiger partial charge in [0.15, 0.2) is 0 Å². The number of hydrogen-bond donors (Lipinski definition) is 1. The molecule has 0 aliphatic carbocycles. The van der Waals surface area contributed by atoms with E-state index in [2.05, 4.69) is 50.8 Å². The van der Waals surface area contributed by atoms with Crippen LogP contribution in [0.25, 0.3) is 0 Å². The van der Waals surface area contributed by atoms with E-state index in [0.29, 0.717) is 6.04 Å². The third-order valence-corrected chi connectivity index (χ3v) is 3.38. The molecule has 16 heavy (non-hydrogen) atoms. The molecule has 1 aliphatic rings. The molecule has 0 bridgehead atoms. The van der Waals surface area contributed by atoms with Gasteiger partial charge in [-0.2, -0.15) is 0 Å². The molecule has 1 heterocycles. The van der Waals surface area contributed by atoms with Gasteiger partial charge in [-0.3, -0.25) is 0 Å². The SMILES string of the molecule is CC(C)N1CCc2ccc(C(C)(C)N)cc21. The fraction of sp³-hybridized carbons (Fsp3) is 0.571. The molecule has 0 amide bonds. The Hall–Kier alpha value is -1.02. The first-order valence-corrected chi connectivity index (χ1v) is 6.08. The van der Waals surface area contributed by atoms with E-state index in [1.165, 1.54) is 23.2 Å². The zero-order valence-corrected chi connectivity index (χ0v) is 10.7. The van der Waals surface area contributed by atoms with Crippen molar-refractivity contribution in [3.8, 4) is 0 Å². The summed E-state index contributed by atoms with van der Waals surface area (Å²) in [5.74, 6) is 0. The van der Waals surface area contributed by atoms with Crippen molar-refractivity contribution in [2.75, 3.05) is 11.4 Å². The smallest absolute Gasteiger partial charge is 0.0405 e. The van der Waals surface area contributed by atoms with Gasteiger partial charge in [0.2, 0.25) is 0 Å². The summed E-state index contributed by atoms with van der Waals surface area (Å²) in [5.41, 5.74) is 9.97. The number of rotatable bonds is 2. The van der Waals surface area contributed by atoms with E-state index in [-0.39, 0.29) is 5.54 Å². The van der Waals surface area contributed by atoms with Gasteiger partial charge < -0.3 is 10.6 Å². The Labute approximate surface area is 98.4 Å². The predicted octanol–water partition coefficient (Wildman–Crippen LogP) is 2.65. The summed E-state index contributed by atoms with van der Waals surface area (Å²) in [7, 11) is 0. The molecule has 1 aliphatic heterocycles. The lowest BCUT2D eigenvalue weighted by Crippen LogP contribution is -2.30. The van der Waals surface area contributed by atoms with Crippen LogP contribution in [0.15, 0.2) is 18.2 Å². The minimum absolute atomic E-state index is 0.250. The monoisotopic (exact) mass is 218 g/mol. The fourth-order valence-corrected chi connectivity index (χ4v) is 2.34. The molecule has 0 saturated heterocycles. The molecule has 2 nitrogen and oxygen atoms in total. The summed E-state index contributed by atoms with van der Waals surface area (Å²) in [4.78, 5) is 2.46. The van der Waals surface area contributed by atoms with Crippen molar-refractivity contribution in [2.24, 2.45) is 5.73 Å². The minimum Gasteiger partial charge on any atom is -0.369 e. The van der Waals surface area contributed by atoms with Crippen LogP contribution in [0.5, 0.6) is 0 Å². The van der Waals surface area contributed by atoms with Crippen molar-refractivity contribution in [3.63, 3.8) is 0 Å². The van der Waals surface area contributed by atoms with Gasteiger partial charge in [-0.05, 0) is 51.3 Å². The number of fused-ring (bicyclic) bond motifs is 1. The van der Waals surface area contributed by atoms with E-state index in [1.54, 1.807) is 0 Å². The van der Waals surface area contributed by atoms with Gasteiger partial charge in [0.05, 0.1) is 0 Å². The second-order valence-electron chi connectivity index (χ2n) is 5.60. The zero-order chi connectivity index (χ0) is 11.9. The highest BCUT2D eigenvalue weighted by Gasteiger charge is 2.23. The topological polar surface area (TPSA) is 29.3 Å². The van der Waals surface area contributed by atoms with E-state index in [4.69, 9.17) is 5.73 Å². The molecule has 0 radical (unpaired) electrons. The van der Waals surface area contributed by atoms with Crippen molar-refractivity contribution in [1.82, 2.24) is 0 Å². The molecule has 1 aromatic carbocycles. The summed E-state index contributed by atoms with van der Waals surface area (Å²) in [6, 6.07) is 7.24. The van der Waals surface area contributed by atoms with Gasteiger partial charge in [-0.1, -0.05) is 12.1 Å². The molecule has 2 rings (SSSR count). The van der Waals surface area contributed by atoms with Gasteiger partial charge in [0, 0.05) is 23.8 Å². The summed E-state index contributed by atoms with van der Waals surface area (Å²) >= 11 is 0. The molecule has 0 spiro atoms. The largest absolute Gasteiger partial charge is 0.369 e. The van der Waals surface area contributed by atoms with Crippen LogP contribution in [0.2, 0.25) is 0 Å². The molecule has 2 heteroatoms. The summed E-state index contributed by atoms with van der Waals surface area (Å²) in [6.07, 6.45) is 1.17. The highest BCUT2D eigenvalue weighted by atomic mass is 15.2. The molecule has 0 aromatic heterocycles. The van der Waals surface area contributed by atoms with E-state index in [1.807, 2.05) is 0 Å². The molecular weight excluding hydrogens is 196 g/mol. The molecule has 88 valence electrons. The number of benzene rings is 1. The van der Waals surface area contributed by atoms with Gasteiger partial charge >= 0.3 is 0 Å². The minimum atomic E-state index is -0.250. The molecule has 0 fully saturated rings. The van der Waals surface area contributed by atoms with Crippen molar-refractivity contribution in [2.45, 2.75) is 45.7 Å². The maximum Gasteiger partial charge on any atom is 0.0405 e. The lowest BCUT2D eigenvalue weighted by Gasteiger charge is -2.26. The summed E-state index contributed by atoms with van der Waals surface area (Å²) in [6.45, 7) is 9.75. The Morgan fingerprint density at radius 1 is 1.31 bits per heavy atom.